The molecular weight excluding hydrogens is 284 g/mol. The summed E-state index contributed by atoms with van der Waals surface area (Å²) in [5, 5.41) is 3.71. The third kappa shape index (κ3) is 6.62. The molecule has 0 unspecified atom stereocenters. The Morgan fingerprint density at radius 3 is 2.57 bits per heavy atom. The summed E-state index contributed by atoms with van der Waals surface area (Å²) in [4.78, 5) is 2.62. The molecule has 1 heterocycles. The predicted octanol–water partition coefficient (Wildman–Crippen LogP) is 3.10. The molecule has 0 atom stereocenters. The van der Waals surface area contributed by atoms with Crippen LogP contribution in [0.2, 0.25) is 0 Å². The Bertz CT molecular complexity index is 425. The van der Waals surface area contributed by atoms with Crippen LogP contribution < -0.4 is 5.32 Å². The van der Waals surface area contributed by atoms with E-state index in [4.69, 9.17) is 4.74 Å². The van der Waals surface area contributed by atoms with Gasteiger partial charge < -0.3 is 15.0 Å². The van der Waals surface area contributed by atoms with Crippen LogP contribution >= 0.6 is 0 Å². The summed E-state index contributed by atoms with van der Waals surface area (Å²) >= 11 is 0. The Hall–Kier alpha value is -0.900. The van der Waals surface area contributed by atoms with Crippen LogP contribution in [0.1, 0.15) is 37.7 Å². The summed E-state index contributed by atoms with van der Waals surface area (Å²) in [6.07, 6.45) is 7.69. The van der Waals surface area contributed by atoms with E-state index in [1.165, 1.54) is 57.3 Å². The maximum absolute atomic E-state index is 5.69. The molecule has 0 bridgehead atoms. The van der Waals surface area contributed by atoms with Crippen molar-refractivity contribution < 1.29 is 4.74 Å². The Kier molecular flexibility index (Phi) is 6.93. The van der Waals surface area contributed by atoms with Crippen molar-refractivity contribution in [1.29, 1.82) is 0 Å². The number of likely N-dealkylation sites (tertiary alicyclic amines) is 1. The van der Waals surface area contributed by atoms with E-state index in [2.05, 4.69) is 40.5 Å². The number of benzene rings is 1. The van der Waals surface area contributed by atoms with Gasteiger partial charge in [-0.3, -0.25) is 0 Å². The lowest BCUT2D eigenvalue weighted by Gasteiger charge is -2.32. The molecule has 1 aliphatic carbocycles. The fourth-order valence-electron chi connectivity index (χ4n) is 3.31. The van der Waals surface area contributed by atoms with Gasteiger partial charge in [-0.15, -0.1) is 0 Å². The SMILES string of the molecule is c1ccc(CCN2CCC(NCCCOCC3CC3)CC2)cc1. The lowest BCUT2D eigenvalue weighted by atomic mass is 10.0. The summed E-state index contributed by atoms with van der Waals surface area (Å²) < 4.78 is 5.69. The molecule has 1 saturated heterocycles. The van der Waals surface area contributed by atoms with Gasteiger partial charge in [-0.05, 0) is 69.6 Å². The Morgan fingerprint density at radius 1 is 1.04 bits per heavy atom. The minimum absolute atomic E-state index is 0.714. The molecule has 2 fully saturated rings. The van der Waals surface area contributed by atoms with Crippen LogP contribution in [0.25, 0.3) is 0 Å². The first-order valence-corrected chi connectivity index (χ1v) is 9.47. The highest BCUT2D eigenvalue weighted by atomic mass is 16.5. The number of nitrogens with one attached hydrogen (secondary N) is 1. The van der Waals surface area contributed by atoms with Gasteiger partial charge >= 0.3 is 0 Å². The van der Waals surface area contributed by atoms with Crippen LogP contribution in [0.4, 0.5) is 0 Å². The molecule has 3 nitrogen and oxygen atoms in total. The highest BCUT2D eigenvalue weighted by molar-refractivity contribution is 5.14. The van der Waals surface area contributed by atoms with Gasteiger partial charge in [-0.1, -0.05) is 30.3 Å². The largest absolute Gasteiger partial charge is 0.381 e. The first-order chi connectivity index (χ1) is 11.4. The Labute approximate surface area is 141 Å². The quantitative estimate of drug-likeness (QED) is 0.671. The first-order valence-electron chi connectivity index (χ1n) is 9.47. The molecule has 2 aliphatic rings. The van der Waals surface area contributed by atoms with Gasteiger partial charge in [0.25, 0.3) is 0 Å². The highest BCUT2D eigenvalue weighted by Gasteiger charge is 2.21. The van der Waals surface area contributed by atoms with Crippen LogP contribution in [0, 0.1) is 5.92 Å². The predicted molar refractivity (Wildman–Crippen MR) is 95.8 cm³/mol. The number of rotatable bonds is 10. The third-order valence-corrected chi connectivity index (χ3v) is 5.10. The van der Waals surface area contributed by atoms with E-state index < -0.39 is 0 Å². The Morgan fingerprint density at radius 2 is 1.83 bits per heavy atom. The zero-order valence-corrected chi connectivity index (χ0v) is 14.4. The summed E-state index contributed by atoms with van der Waals surface area (Å²) in [5.74, 6) is 0.892. The fourth-order valence-corrected chi connectivity index (χ4v) is 3.31. The topological polar surface area (TPSA) is 24.5 Å². The second-order valence-electron chi connectivity index (χ2n) is 7.18. The molecule has 3 heteroatoms. The van der Waals surface area contributed by atoms with Crippen molar-refractivity contribution in [2.75, 3.05) is 39.4 Å². The maximum Gasteiger partial charge on any atom is 0.0494 e. The lowest BCUT2D eigenvalue weighted by molar-refractivity contribution is 0.120. The molecule has 1 saturated carbocycles. The van der Waals surface area contributed by atoms with Crippen molar-refractivity contribution in [1.82, 2.24) is 10.2 Å². The van der Waals surface area contributed by atoms with E-state index in [9.17, 15) is 0 Å². The normalized spacial score (nSPS) is 20.0. The molecule has 128 valence electrons. The molecule has 1 N–H and O–H groups in total. The number of hydrogen-bond acceptors (Lipinski definition) is 3. The van der Waals surface area contributed by atoms with Crippen molar-refractivity contribution in [3.8, 4) is 0 Å². The van der Waals surface area contributed by atoms with Gasteiger partial charge in [0.05, 0.1) is 0 Å². The van der Waals surface area contributed by atoms with E-state index in [0.717, 1.165) is 32.1 Å². The number of hydrogen-bond donors (Lipinski definition) is 1. The van der Waals surface area contributed by atoms with E-state index >= 15 is 0 Å². The van der Waals surface area contributed by atoms with Gasteiger partial charge in [-0.2, -0.15) is 0 Å². The number of ether oxygens (including phenoxy) is 1. The zero-order chi connectivity index (χ0) is 15.7. The lowest BCUT2D eigenvalue weighted by Crippen LogP contribution is -2.43. The average molecular weight is 316 g/mol. The molecule has 0 amide bonds. The van der Waals surface area contributed by atoms with Crippen molar-refractivity contribution in [3.63, 3.8) is 0 Å². The smallest absolute Gasteiger partial charge is 0.0494 e. The second kappa shape index (κ2) is 9.41. The standard InChI is InChI=1S/C20H32N2O/c1-2-5-18(6-3-1)9-13-22-14-10-20(11-15-22)21-12-4-16-23-17-19-7-8-19/h1-3,5-6,19-21H,4,7-17H2. The zero-order valence-electron chi connectivity index (χ0n) is 14.4. The minimum atomic E-state index is 0.714. The highest BCUT2D eigenvalue weighted by Crippen LogP contribution is 2.28. The van der Waals surface area contributed by atoms with Crippen LogP contribution in [0.15, 0.2) is 30.3 Å². The van der Waals surface area contributed by atoms with E-state index in [1.807, 2.05) is 0 Å². The van der Waals surface area contributed by atoms with Crippen LogP contribution in [-0.4, -0.2) is 50.3 Å². The summed E-state index contributed by atoms with van der Waals surface area (Å²) in [6, 6.07) is 11.6. The van der Waals surface area contributed by atoms with Crippen molar-refractivity contribution in [2.24, 2.45) is 5.92 Å². The molecule has 0 radical (unpaired) electrons. The van der Waals surface area contributed by atoms with Crippen molar-refractivity contribution in [2.45, 2.75) is 44.6 Å². The van der Waals surface area contributed by atoms with Crippen molar-refractivity contribution >= 4 is 0 Å². The molecule has 3 rings (SSSR count). The molecule has 1 aromatic rings. The fraction of sp³-hybridized carbons (Fsp3) is 0.700. The van der Waals surface area contributed by atoms with Crippen LogP contribution in [-0.2, 0) is 11.2 Å². The molecular formula is C20H32N2O. The van der Waals surface area contributed by atoms with E-state index in [-0.39, 0.29) is 0 Å². The number of nitrogens with zero attached hydrogens (tertiary/aromatic N) is 1. The molecule has 1 aliphatic heterocycles. The molecule has 1 aromatic carbocycles. The maximum atomic E-state index is 5.69. The van der Waals surface area contributed by atoms with Gasteiger partial charge in [0.2, 0.25) is 0 Å². The van der Waals surface area contributed by atoms with Gasteiger partial charge in [0, 0.05) is 25.8 Å². The summed E-state index contributed by atoms with van der Waals surface area (Å²) in [7, 11) is 0. The average Bonchev–Trinajstić information content (AvgIpc) is 3.42. The third-order valence-electron chi connectivity index (χ3n) is 5.10. The van der Waals surface area contributed by atoms with Gasteiger partial charge in [0.1, 0.15) is 0 Å². The molecule has 23 heavy (non-hydrogen) atoms. The molecule has 0 aromatic heterocycles. The van der Waals surface area contributed by atoms with Crippen LogP contribution in [0.3, 0.4) is 0 Å². The van der Waals surface area contributed by atoms with Gasteiger partial charge in [-0.25, -0.2) is 0 Å². The minimum Gasteiger partial charge on any atom is -0.381 e. The summed E-state index contributed by atoms with van der Waals surface area (Å²) in [6.45, 7) is 6.72. The molecule has 0 spiro atoms. The van der Waals surface area contributed by atoms with Crippen LogP contribution in [0.5, 0.6) is 0 Å². The van der Waals surface area contributed by atoms with E-state index in [1.54, 1.807) is 0 Å². The Balaban J connectivity index is 1.19. The van der Waals surface area contributed by atoms with E-state index in [0.29, 0.717) is 6.04 Å². The first kappa shape index (κ1) is 16.9. The summed E-state index contributed by atoms with van der Waals surface area (Å²) in [5.41, 5.74) is 1.46. The number of piperidine rings is 1. The monoisotopic (exact) mass is 316 g/mol. The van der Waals surface area contributed by atoms with Crippen molar-refractivity contribution in [3.05, 3.63) is 35.9 Å². The second-order valence-corrected chi connectivity index (χ2v) is 7.18. The van der Waals surface area contributed by atoms with Gasteiger partial charge in [0.15, 0.2) is 0 Å².